The van der Waals surface area contributed by atoms with Gasteiger partial charge in [0.2, 0.25) is 0 Å². The van der Waals surface area contributed by atoms with Crippen LogP contribution in [0.3, 0.4) is 0 Å². The molecule has 0 aromatic carbocycles. The molecule has 0 amide bonds. The second-order valence-electron chi connectivity index (χ2n) is 0.619. The van der Waals surface area contributed by atoms with E-state index in [0.717, 1.165) is 0 Å². The molecular weight excluding hydrogens is 250 g/mol. The van der Waals surface area contributed by atoms with Crippen molar-refractivity contribution in [2.75, 3.05) is 0 Å². The Kier molecular flexibility index (Phi) is 3.05. The van der Waals surface area contributed by atoms with Gasteiger partial charge in [-0.25, -0.2) is 0 Å². The summed E-state index contributed by atoms with van der Waals surface area (Å²) in [6.07, 6.45) is 5.15. The summed E-state index contributed by atoms with van der Waals surface area (Å²) >= 11 is 0. The van der Waals surface area contributed by atoms with Gasteiger partial charge in [0.25, 0.3) is 0 Å². The second kappa shape index (κ2) is 3.10. The van der Waals surface area contributed by atoms with Crippen LogP contribution < -0.4 is 0 Å². The molecule has 1 aromatic rings. The van der Waals surface area contributed by atoms with Crippen molar-refractivity contribution in [3.05, 3.63) is 18.9 Å². The van der Waals surface area contributed by atoms with E-state index in [1.54, 1.807) is 0 Å². The maximum Gasteiger partial charge on any atom is 0.0198 e. The molecule has 3 heteroatoms. The number of rotatable bonds is 0. The van der Waals surface area contributed by atoms with Crippen molar-refractivity contribution in [1.29, 1.82) is 0 Å². The van der Waals surface area contributed by atoms with Crippen molar-refractivity contribution in [1.82, 2.24) is 4.98 Å². The SMILES string of the molecule is [W].[c-]1cnco1. The molecule has 0 saturated carbocycles. The van der Waals surface area contributed by atoms with E-state index in [-0.39, 0.29) is 21.1 Å². The molecule has 0 N–H and O–H groups in total. The Morgan fingerprint density at radius 2 is 2.50 bits per heavy atom. The first kappa shape index (κ1) is 5.90. The summed E-state index contributed by atoms with van der Waals surface area (Å²) < 4.78 is 4.35. The first-order valence-electron chi connectivity index (χ1n) is 1.24. The first-order chi connectivity index (χ1) is 2.50. The van der Waals surface area contributed by atoms with Gasteiger partial charge in [-0.2, -0.15) is 0 Å². The molecule has 0 saturated heterocycles. The maximum atomic E-state index is 4.35. The average Bonchev–Trinajstić information content (AvgIpc) is 1.76. The summed E-state index contributed by atoms with van der Waals surface area (Å²) in [6.45, 7) is 0. The van der Waals surface area contributed by atoms with Gasteiger partial charge < -0.3 is 9.40 Å². The van der Waals surface area contributed by atoms with Crippen molar-refractivity contribution < 1.29 is 25.5 Å². The number of hydrogen-bond acceptors (Lipinski definition) is 2. The van der Waals surface area contributed by atoms with Gasteiger partial charge in [-0.3, -0.25) is 0 Å². The molecule has 0 aliphatic carbocycles. The third kappa shape index (κ3) is 1.36. The van der Waals surface area contributed by atoms with Gasteiger partial charge in [0, 0.05) is 27.5 Å². The van der Waals surface area contributed by atoms with Crippen LogP contribution in [0.25, 0.3) is 0 Å². The van der Waals surface area contributed by atoms with Crippen LogP contribution in [0.4, 0.5) is 0 Å². The van der Waals surface area contributed by atoms with Crippen LogP contribution in [-0.2, 0) is 21.1 Å². The van der Waals surface area contributed by atoms with Gasteiger partial charge in [0.1, 0.15) is 0 Å². The first-order valence-corrected chi connectivity index (χ1v) is 1.24. The zero-order valence-corrected chi connectivity index (χ0v) is 5.85. The van der Waals surface area contributed by atoms with E-state index < -0.39 is 0 Å². The van der Waals surface area contributed by atoms with E-state index in [1.807, 2.05) is 0 Å². The fraction of sp³-hybridized carbons (Fsp3) is 0. The van der Waals surface area contributed by atoms with Crippen LogP contribution in [0.5, 0.6) is 0 Å². The Labute approximate surface area is 49.8 Å². The standard InChI is InChI=1S/C3H2NO.W/c1-2-5-3-4-1;/h1,3H;/q-1;. The summed E-state index contributed by atoms with van der Waals surface area (Å²) in [5.41, 5.74) is 0. The van der Waals surface area contributed by atoms with Crippen molar-refractivity contribution >= 4 is 0 Å². The molecule has 0 aliphatic heterocycles. The zero-order valence-electron chi connectivity index (χ0n) is 2.92. The van der Waals surface area contributed by atoms with E-state index in [2.05, 4.69) is 15.7 Å². The summed E-state index contributed by atoms with van der Waals surface area (Å²) in [5.74, 6) is 0. The summed E-state index contributed by atoms with van der Waals surface area (Å²) in [7, 11) is 0. The third-order valence-corrected chi connectivity index (χ3v) is 0.309. The molecule has 1 aromatic heterocycles. The van der Waals surface area contributed by atoms with Crippen molar-refractivity contribution in [3.63, 3.8) is 0 Å². The number of hydrogen-bond donors (Lipinski definition) is 0. The van der Waals surface area contributed by atoms with Crippen LogP contribution in [0, 0.1) is 6.26 Å². The quantitative estimate of drug-likeness (QED) is 0.627. The maximum absolute atomic E-state index is 4.35. The fourth-order valence-electron chi connectivity index (χ4n) is 0.152. The van der Waals surface area contributed by atoms with Crippen LogP contribution in [-0.4, -0.2) is 4.98 Å². The van der Waals surface area contributed by atoms with Crippen LogP contribution in [0.1, 0.15) is 0 Å². The molecule has 1 rings (SSSR count). The van der Waals surface area contributed by atoms with Crippen molar-refractivity contribution in [2.24, 2.45) is 0 Å². The predicted octanol–water partition coefficient (Wildman–Crippen LogP) is 0.472. The molecule has 32 valence electrons. The average molecular weight is 252 g/mol. The van der Waals surface area contributed by atoms with Crippen molar-refractivity contribution in [3.8, 4) is 0 Å². The minimum absolute atomic E-state index is 0. The number of nitrogens with zero attached hydrogens (tertiary/aromatic N) is 1. The Morgan fingerprint density at radius 3 is 2.67 bits per heavy atom. The molecule has 0 fully saturated rings. The van der Waals surface area contributed by atoms with Gasteiger partial charge in [-0.15, -0.1) is 0 Å². The number of aromatic nitrogens is 1. The predicted molar refractivity (Wildman–Crippen MR) is 15.3 cm³/mol. The van der Waals surface area contributed by atoms with Gasteiger partial charge >= 0.3 is 0 Å². The third-order valence-electron chi connectivity index (χ3n) is 0.309. The fourth-order valence-corrected chi connectivity index (χ4v) is 0.152. The van der Waals surface area contributed by atoms with Crippen LogP contribution in [0.15, 0.2) is 17.0 Å². The summed E-state index contributed by atoms with van der Waals surface area (Å²) in [6, 6.07) is 0. The van der Waals surface area contributed by atoms with E-state index in [9.17, 15) is 0 Å². The molecule has 0 bridgehead atoms. The van der Waals surface area contributed by atoms with E-state index in [0.29, 0.717) is 0 Å². The molecule has 1 heterocycles. The molecule has 0 unspecified atom stereocenters. The minimum atomic E-state index is 0. The normalized spacial score (nSPS) is 6.67. The minimum Gasteiger partial charge on any atom is -0.632 e. The zero-order chi connectivity index (χ0) is 3.54. The molecule has 0 atom stereocenters. The van der Waals surface area contributed by atoms with E-state index in [4.69, 9.17) is 0 Å². The Bertz CT molecular complexity index is 67.3. The smallest absolute Gasteiger partial charge is 0.0198 e. The van der Waals surface area contributed by atoms with E-state index >= 15 is 0 Å². The van der Waals surface area contributed by atoms with Crippen LogP contribution in [0.2, 0.25) is 0 Å². The summed E-state index contributed by atoms with van der Waals surface area (Å²) in [5, 5.41) is 0. The molecular formula is C3H2NOW-. The van der Waals surface area contributed by atoms with Gasteiger partial charge in [0.05, 0.1) is 0 Å². The Morgan fingerprint density at radius 1 is 1.67 bits per heavy atom. The largest absolute Gasteiger partial charge is 0.632 e. The molecule has 0 radical (unpaired) electrons. The molecule has 0 spiro atoms. The monoisotopic (exact) mass is 252 g/mol. The summed E-state index contributed by atoms with van der Waals surface area (Å²) in [4.78, 5) is 3.50. The van der Waals surface area contributed by atoms with Gasteiger partial charge in [-0.1, -0.05) is 6.26 Å². The van der Waals surface area contributed by atoms with E-state index in [1.165, 1.54) is 12.6 Å². The number of oxazole rings is 1. The van der Waals surface area contributed by atoms with Gasteiger partial charge in [0.15, 0.2) is 0 Å². The van der Waals surface area contributed by atoms with Crippen molar-refractivity contribution in [2.45, 2.75) is 0 Å². The Hall–Kier alpha value is -0.102. The second-order valence-corrected chi connectivity index (χ2v) is 0.619. The molecule has 0 aliphatic rings. The van der Waals surface area contributed by atoms with Crippen LogP contribution >= 0.6 is 0 Å². The topological polar surface area (TPSA) is 26.0 Å². The van der Waals surface area contributed by atoms with Gasteiger partial charge in [-0.05, 0) is 6.20 Å². The molecule has 6 heavy (non-hydrogen) atoms. The Balaban J connectivity index is 0.000000250. The molecule has 2 nitrogen and oxygen atoms in total.